The molecule has 0 bridgehead atoms. The van der Waals surface area contributed by atoms with Gasteiger partial charge in [-0.15, -0.1) is 11.3 Å². The van der Waals surface area contributed by atoms with Crippen molar-refractivity contribution in [2.75, 3.05) is 56.7 Å². The Hall–Kier alpha value is -5.08. The van der Waals surface area contributed by atoms with Crippen LogP contribution in [0.3, 0.4) is 0 Å². The van der Waals surface area contributed by atoms with Crippen LogP contribution >= 0.6 is 34.7 Å². The van der Waals surface area contributed by atoms with Gasteiger partial charge in [-0.2, -0.15) is 16.7 Å². The number of anilines is 3. The van der Waals surface area contributed by atoms with Crippen molar-refractivity contribution in [1.29, 1.82) is 0 Å². The molecule has 2 aromatic heterocycles. The molecule has 0 radical (unpaired) electrons. The second-order valence-electron chi connectivity index (χ2n) is 18.8. The van der Waals surface area contributed by atoms with Crippen molar-refractivity contribution in [3.8, 4) is 16.2 Å². The van der Waals surface area contributed by atoms with E-state index in [1.165, 1.54) is 18.2 Å². The number of thioether (sulfide) groups is 1. The number of aromatic nitrogens is 3. The molecule has 4 aromatic rings. The molecule has 2 aromatic carbocycles. The number of hydrogen-bond acceptors (Lipinski definition) is 14. The Labute approximate surface area is 416 Å². The van der Waals surface area contributed by atoms with E-state index in [-0.39, 0.29) is 38.3 Å². The van der Waals surface area contributed by atoms with E-state index in [9.17, 15) is 24.3 Å². The van der Waals surface area contributed by atoms with E-state index in [1.807, 2.05) is 45.3 Å². The lowest BCUT2D eigenvalue weighted by Crippen LogP contribution is -2.61. The van der Waals surface area contributed by atoms with Gasteiger partial charge in [-0.25, -0.2) is 14.4 Å². The van der Waals surface area contributed by atoms with Crippen LogP contribution in [0.5, 0.6) is 5.75 Å². The minimum Gasteiger partial charge on any atom is -0.495 e. The fourth-order valence-corrected chi connectivity index (χ4v) is 11.2. The Morgan fingerprint density at radius 2 is 1.80 bits per heavy atom. The molecule has 3 atom stereocenters. The number of hydrogen-bond donors (Lipinski definition) is 7. The average Bonchev–Trinajstić information content (AvgIpc) is 3.74. The third-order valence-corrected chi connectivity index (χ3v) is 16.2. The van der Waals surface area contributed by atoms with Crippen molar-refractivity contribution in [2.45, 2.75) is 108 Å². The van der Waals surface area contributed by atoms with Crippen LogP contribution in [-0.4, -0.2) is 123 Å². The van der Waals surface area contributed by atoms with Gasteiger partial charge >= 0.3 is 0 Å². The van der Waals surface area contributed by atoms with Gasteiger partial charge in [0.2, 0.25) is 17.8 Å². The van der Waals surface area contributed by atoms with Crippen LogP contribution in [0.2, 0.25) is 5.02 Å². The number of amides is 4. The van der Waals surface area contributed by atoms with Crippen molar-refractivity contribution < 1.29 is 33.4 Å². The van der Waals surface area contributed by atoms with Crippen LogP contribution in [0.25, 0.3) is 10.4 Å². The summed E-state index contributed by atoms with van der Waals surface area (Å²) in [5, 5.41) is 29.4. The molecule has 69 heavy (non-hydrogen) atoms. The van der Waals surface area contributed by atoms with Crippen LogP contribution in [0.4, 0.5) is 21.8 Å². The summed E-state index contributed by atoms with van der Waals surface area (Å²) >= 11 is 9.25. The molecule has 20 heteroatoms. The van der Waals surface area contributed by atoms with Gasteiger partial charge in [0.25, 0.3) is 11.8 Å². The number of nitrogens with zero attached hydrogens (tertiary/aromatic N) is 4. The number of carbonyl (C=O) groups excluding carboxylic acids is 4. The van der Waals surface area contributed by atoms with Crippen molar-refractivity contribution in [1.82, 2.24) is 41.1 Å². The second kappa shape index (κ2) is 22.8. The molecular formula is C49H64ClFN10O6S2. The summed E-state index contributed by atoms with van der Waals surface area (Å²) in [5.41, 5.74) is 4.78. The number of aliphatic hydroxyl groups is 1. The molecule has 3 fully saturated rings. The molecule has 4 amide bonds. The number of carbonyl (C=O) groups is 4. The first-order chi connectivity index (χ1) is 33.0. The summed E-state index contributed by atoms with van der Waals surface area (Å²) in [5.74, 6) is 0.899. The summed E-state index contributed by atoms with van der Waals surface area (Å²) in [6.45, 7) is 9.75. The first-order valence-electron chi connectivity index (χ1n) is 23.5. The quantitative estimate of drug-likeness (QED) is 0.0441. The number of thiazole rings is 1. The molecule has 2 saturated carbocycles. The Balaban J connectivity index is 0.865. The Bertz CT molecular complexity index is 2480. The zero-order valence-corrected chi connectivity index (χ0v) is 42.4. The summed E-state index contributed by atoms with van der Waals surface area (Å²) in [6.07, 6.45) is 4.83. The van der Waals surface area contributed by atoms with Gasteiger partial charge in [-0.1, -0.05) is 29.8 Å². The second-order valence-corrected chi connectivity index (χ2v) is 21.8. The molecule has 7 rings (SSSR count). The summed E-state index contributed by atoms with van der Waals surface area (Å²) in [4.78, 5) is 69.9. The van der Waals surface area contributed by atoms with Crippen molar-refractivity contribution in [3.63, 3.8) is 0 Å². The smallest absolute Gasteiger partial charge is 0.258 e. The predicted octanol–water partition coefficient (Wildman–Crippen LogP) is 6.57. The van der Waals surface area contributed by atoms with Gasteiger partial charge in [0.1, 0.15) is 28.7 Å². The average molecular weight is 1010 g/mol. The van der Waals surface area contributed by atoms with Gasteiger partial charge in [0.05, 0.1) is 41.2 Å². The molecular weight excluding hydrogens is 943 g/mol. The van der Waals surface area contributed by atoms with Crippen LogP contribution in [0.1, 0.15) is 86.0 Å². The van der Waals surface area contributed by atoms with E-state index in [0.29, 0.717) is 58.7 Å². The zero-order chi connectivity index (χ0) is 49.5. The fraction of sp³-hybridized carbons (Fsp3) is 0.531. The van der Waals surface area contributed by atoms with Gasteiger partial charge in [-0.05, 0) is 125 Å². The van der Waals surface area contributed by atoms with E-state index in [2.05, 4.69) is 52.9 Å². The minimum atomic E-state index is -2.00. The zero-order valence-electron chi connectivity index (χ0n) is 40.0. The number of alkyl halides is 1. The maximum Gasteiger partial charge on any atom is 0.258 e. The predicted molar refractivity (Wildman–Crippen MR) is 270 cm³/mol. The van der Waals surface area contributed by atoms with Gasteiger partial charge in [-0.3, -0.25) is 19.2 Å². The molecule has 3 aliphatic rings. The van der Waals surface area contributed by atoms with Crippen LogP contribution in [0, 0.1) is 25.7 Å². The number of methoxy groups -OCH3 is 1. The summed E-state index contributed by atoms with van der Waals surface area (Å²) in [7, 11) is 3.24. The maximum absolute atomic E-state index is 15.2. The van der Waals surface area contributed by atoms with Crippen molar-refractivity contribution in [3.05, 3.63) is 75.5 Å². The van der Waals surface area contributed by atoms with Crippen LogP contribution < -0.4 is 36.6 Å². The Morgan fingerprint density at radius 1 is 1.04 bits per heavy atom. The number of halogens is 2. The number of aliphatic hydroxyl groups excluding tert-OH is 1. The molecule has 1 unspecified atom stereocenters. The largest absolute Gasteiger partial charge is 0.495 e. The molecule has 1 saturated heterocycles. The molecule has 3 heterocycles. The number of likely N-dealkylation sites (tertiary alicyclic amines) is 1. The molecule has 7 N–H and O–H groups in total. The lowest BCUT2D eigenvalue weighted by molar-refractivity contribution is -0.143. The normalized spacial score (nSPS) is 20.2. The standard InChI is InChI=1S/C49H64ClFN10O6S2/c1-28-19-32(40-29(2)57-27-68-40)11-12-34(28)23-55-44(64)38-21-35(62)25-61(38)45(65)41(59-46(66)49(51)15-16-49)48(3,4)69-26-31-9-7-30(8-10-31)22-53-17-18-54-43(63)33-13-14-37(39(20-33)67-6)58-47-56-24-36(50)42(52-5)60-47/h11-14,19-20,24,27,30-31,35,38,41,53,62H,7-10,15-18,21-23,25-26H2,1-6H3,(H,54,63)(H,55,64)(H,59,66)(H2,52,56,58,60)/t30-,31-,35-,38?,41-/m1/s1. The van der Waals surface area contributed by atoms with Crippen molar-refractivity contribution >= 4 is 75.8 Å². The third-order valence-electron chi connectivity index (χ3n) is 13.4. The highest BCUT2D eigenvalue weighted by Gasteiger charge is 2.54. The fourth-order valence-electron chi connectivity index (χ4n) is 8.87. The highest BCUT2D eigenvalue weighted by atomic mass is 35.5. The molecule has 372 valence electrons. The Kier molecular flexibility index (Phi) is 17.1. The van der Waals surface area contributed by atoms with E-state index < -0.39 is 46.3 Å². The number of rotatable bonds is 21. The number of β-amino-alcohol motifs (C(OH)–C–C–N with tert-alkyl or cyclic N) is 1. The number of aryl methyl sites for hydroxylation is 2. The Morgan fingerprint density at radius 3 is 2.48 bits per heavy atom. The van der Waals surface area contributed by atoms with E-state index in [1.54, 1.807) is 48.3 Å². The van der Waals surface area contributed by atoms with E-state index in [4.69, 9.17) is 16.3 Å². The topological polar surface area (TPSA) is 212 Å². The molecule has 2 aliphatic carbocycles. The SMILES string of the molecule is CNc1nc(Nc2ccc(C(=O)NCCNC[C@H]3CC[C@H](CSC(C)(C)[C@H](NC(=O)C4(F)CC4)C(=O)N4C[C@H](O)CC4C(=O)NCc4ccc(-c5scnc5C)cc4C)CC3)cc2OC)ncc1Cl. The number of nitrogens with one attached hydrogen (secondary N) is 6. The molecule has 0 spiro atoms. The monoisotopic (exact) mass is 1010 g/mol. The van der Waals surface area contributed by atoms with Crippen LogP contribution in [0.15, 0.2) is 48.1 Å². The summed E-state index contributed by atoms with van der Waals surface area (Å²) in [6, 6.07) is 9.05. The van der Waals surface area contributed by atoms with Crippen LogP contribution in [-0.2, 0) is 20.9 Å². The lowest BCUT2D eigenvalue weighted by Gasteiger charge is -2.38. The van der Waals surface area contributed by atoms with E-state index >= 15 is 4.39 Å². The lowest BCUT2D eigenvalue weighted by atomic mass is 9.83. The number of benzene rings is 2. The highest BCUT2D eigenvalue weighted by Crippen LogP contribution is 2.42. The molecule has 16 nitrogen and oxygen atoms in total. The number of ether oxygens (including phenoxy) is 1. The summed E-state index contributed by atoms with van der Waals surface area (Å²) < 4.78 is 19.8. The van der Waals surface area contributed by atoms with Gasteiger partial charge in [0, 0.05) is 50.0 Å². The molecule has 1 aliphatic heterocycles. The minimum absolute atomic E-state index is 0.0541. The highest BCUT2D eigenvalue weighted by molar-refractivity contribution is 8.00. The van der Waals surface area contributed by atoms with E-state index in [0.717, 1.165) is 65.2 Å². The van der Waals surface area contributed by atoms with Gasteiger partial charge < -0.3 is 46.6 Å². The first kappa shape index (κ1) is 51.8. The third kappa shape index (κ3) is 13.0. The maximum atomic E-state index is 15.2. The van der Waals surface area contributed by atoms with Crippen molar-refractivity contribution in [2.24, 2.45) is 11.8 Å². The van der Waals surface area contributed by atoms with Gasteiger partial charge in [0.15, 0.2) is 5.67 Å². The first-order valence-corrected chi connectivity index (χ1v) is 25.8.